The number of hydrogen-bond donors (Lipinski definition) is 5. The maximum Gasteiger partial charge on any atom is 0.408 e. The van der Waals surface area contributed by atoms with Gasteiger partial charge in [0.1, 0.15) is 6.54 Å². The van der Waals surface area contributed by atoms with Gasteiger partial charge in [0.25, 0.3) is 20.2 Å². The normalized spacial score (nSPS) is 13.1. The molecule has 0 radical (unpaired) electrons. The van der Waals surface area contributed by atoms with Gasteiger partial charge in [0.15, 0.2) is 0 Å². The number of nitrogens with two attached hydrogens (primary N) is 1. The summed E-state index contributed by atoms with van der Waals surface area (Å²) in [5.41, 5.74) is 9.54. The summed E-state index contributed by atoms with van der Waals surface area (Å²) >= 11 is 0. The summed E-state index contributed by atoms with van der Waals surface area (Å²) in [7, 11) is -8.04. The number of hydrogen-bond acceptors (Lipinski definition) is 8. The van der Waals surface area contributed by atoms with Gasteiger partial charge in [-0.2, -0.15) is 35.1 Å². The van der Waals surface area contributed by atoms with E-state index in [-0.39, 0.29) is 16.3 Å². The van der Waals surface area contributed by atoms with Gasteiger partial charge in [0.05, 0.1) is 22.1 Å². The zero-order valence-electron chi connectivity index (χ0n) is 25.0. The average molecular weight is 687 g/mol. The van der Waals surface area contributed by atoms with Gasteiger partial charge in [0.2, 0.25) is 0 Å². The molecule has 11 nitrogen and oxygen atoms in total. The summed E-state index contributed by atoms with van der Waals surface area (Å²) < 4.78 is 96.7. The van der Waals surface area contributed by atoms with Gasteiger partial charge in [-0.1, -0.05) is 65.7 Å². The van der Waals surface area contributed by atoms with Crippen molar-refractivity contribution in [3.05, 3.63) is 114 Å². The molecule has 0 fully saturated rings. The van der Waals surface area contributed by atoms with Crippen molar-refractivity contribution in [3.63, 3.8) is 0 Å². The van der Waals surface area contributed by atoms with E-state index >= 15 is 0 Å². The smallest absolute Gasteiger partial charge is 0.390 e. The molecular weight excluding hydrogens is 649 g/mol. The van der Waals surface area contributed by atoms with Gasteiger partial charge in [0, 0.05) is 30.9 Å². The maximum absolute atomic E-state index is 12.3. The van der Waals surface area contributed by atoms with Gasteiger partial charge in [-0.15, -0.1) is 0 Å². The second-order valence-electron chi connectivity index (χ2n) is 10.3. The molecule has 1 aromatic heterocycles. The third-order valence-electron chi connectivity index (χ3n) is 6.16. The number of alkyl halides is 3. The zero-order chi connectivity index (χ0) is 34.5. The van der Waals surface area contributed by atoms with E-state index in [1.54, 1.807) is 24.3 Å². The Kier molecular flexibility index (Phi) is 14.5. The first-order chi connectivity index (χ1) is 21.3. The highest BCUT2D eigenvalue weighted by atomic mass is 32.2. The first-order valence-electron chi connectivity index (χ1n) is 13.7. The quantitative estimate of drug-likeness (QED) is 0.153. The van der Waals surface area contributed by atoms with Crippen LogP contribution in [0.5, 0.6) is 0 Å². The van der Waals surface area contributed by atoms with Gasteiger partial charge < -0.3 is 16.2 Å². The highest BCUT2D eigenvalue weighted by Gasteiger charge is 2.28. The molecule has 0 saturated carbocycles. The second-order valence-corrected chi connectivity index (χ2v) is 13.1. The van der Waals surface area contributed by atoms with Crippen molar-refractivity contribution in [2.24, 2.45) is 5.73 Å². The Bertz CT molecular complexity index is 1630. The van der Waals surface area contributed by atoms with E-state index in [1.165, 1.54) is 36.7 Å². The van der Waals surface area contributed by atoms with Crippen LogP contribution in [0.4, 0.5) is 13.2 Å². The number of aromatic nitrogens is 2. The lowest BCUT2D eigenvalue weighted by Crippen LogP contribution is -2.42. The Morgan fingerprint density at radius 2 is 1.30 bits per heavy atom. The first-order valence-corrected chi connectivity index (χ1v) is 16.6. The molecule has 1 heterocycles. The molecule has 3 aromatic carbocycles. The lowest BCUT2D eigenvalue weighted by molar-refractivity contribution is -0.142. The van der Waals surface area contributed by atoms with Crippen molar-refractivity contribution in [2.45, 2.75) is 61.5 Å². The molecule has 0 aliphatic carbocycles. The molecule has 0 saturated heterocycles. The number of aliphatic hydroxyl groups excluding tert-OH is 1. The number of aliphatic hydroxyl groups is 1. The van der Waals surface area contributed by atoms with Crippen LogP contribution >= 0.6 is 0 Å². The fraction of sp³-hybridized carbons (Fsp3) is 0.300. The molecule has 4 rings (SSSR count). The maximum atomic E-state index is 12.3. The van der Waals surface area contributed by atoms with Crippen LogP contribution in [0.3, 0.4) is 0 Å². The molecule has 0 bridgehead atoms. The number of benzene rings is 3. The second kappa shape index (κ2) is 17.3. The van der Waals surface area contributed by atoms with Crippen LogP contribution in [0.25, 0.3) is 0 Å². The zero-order valence-corrected chi connectivity index (χ0v) is 26.7. The third-order valence-corrected chi connectivity index (χ3v) is 7.89. The molecule has 0 aliphatic heterocycles. The highest BCUT2D eigenvalue weighted by Crippen LogP contribution is 2.17. The molecule has 0 aliphatic rings. The largest absolute Gasteiger partial charge is 0.408 e. The van der Waals surface area contributed by atoms with Crippen molar-refractivity contribution >= 4 is 20.2 Å². The van der Waals surface area contributed by atoms with Crippen molar-refractivity contribution in [1.82, 2.24) is 15.1 Å². The Labute approximate surface area is 266 Å². The van der Waals surface area contributed by atoms with Crippen LogP contribution in [0.2, 0.25) is 0 Å². The number of halogens is 3. The fourth-order valence-electron chi connectivity index (χ4n) is 3.73. The Hall–Kier alpha value is -3.64. The molecule has 252 valence electrons. The summed E-state index contributed by atoms with van der Waals surface area (Å²) in [5.74, 6) is 0. The number of aryl methyl sites for hydroxylation is 2. The van der Waals surface area contributed by atoms with E-state index in [4.69, 9.17) is 14.8 Å². The minimum atomic E-state index is -4.29. The van der Waals surface area contributed by atoms with Crippen LogP contribution in [-0.2, 0) is 39.7 Å². The molecule has 0 amide bonds. The number of nitrogens with one attached hydrogen (secondary N) is 1. The predicted molar refractivity (Wildman–Crippen MR) is 166 cm³/mol. The summed E-state index contributed by atoms with van der Waals surface area (Å²) in [4.78, 5) is -0.133. The minimum Gasteiger partial charge on any atom is -0.390 e. The van der Waals surface area contributed by atoms with Crippen LogP contribution in [0.1, 0.15) is 22.3 Å². The predicted octanol–water partition coefficient (Wildman–Crippen LogP) is 3.95. The summed E-state index contributed by atoms with van der Waals surface area (Å²) in [5, 5.41) is 16.7. The SMILES string of the molecule is Cc1ccc(S(=O)(=O)O)cc1.Cc1ccc(S(=O)(=O)O)cc1.N[C@@H](Cc1ccccc1)[C@H](O)CNCc1cnn(CC(F)(F)F)c1. The van der Waals surface area contributed by atoms with E-state index in [2.05, 4.69) is 10.4 Å². The third kappa shape index (κ3) is 15.1. The Morgan fingerprint density at radius 1 is 0.826 bits per heavy atom. The lowest BCUT2D eigenvalue weighted by atomic mass is 10.0. The van der Waals surface area contributed by atoms with Gasteiger partial charge in [-0.25, -0.2) is 0 Å². The molecule has 0 spiro atoms. The fourth-order valence-corrected chi connectivity index (χ4v) is 4.69. The topological polar surface area (TPSA) is 185 Å². The van der Waals surface area contributed by atoms with E-state index in [1.807, 2.05) is 44.2 Å². The summed E-state index contributed by atoms with van der Waals surface area (Å²) in [6, 6.07) is 21.2. The summed E-state index contributed by atoms with van der Waals surface area (Å²) in [6.45, 7) is 3.13. The van der Waals surface area contributed by atoms with Crippen molar-refractivity contribution < 1.29 is 44.2 Å². The molecule has 0 unspecified atom stereocenters. The molecule has 46 heavy (non-hydrogen) atoms. The Morgan fingerprint density at radius 3 is 1.74 bits per heavy atom. The van der Waals surface area contributed by atoms with Crippen LogP contribution in [0.15, 0.2) is 101 Å². The van der Waals surface area contributed by atoms with Crippen molar-refractivity contribution in [1.29, 1.82) is 0 Å². The minimum absolute atomic E-state index is 0.0666. The van der Waals surface area contributed by atoms with Crippen molar-refractivity contribution in [3.8, 4) is 0 Å². The summed E-state index contributed by atoms with van der Waals surface area (Å²) in [6.07, 6.45) is -1.80. The Balaban J connectivity index is 0.000000277. The molecular formula is C30H37F3N4O7S2. The van der Waals surface area contributed by atoms with Crippen LogP contribution in [0, 0.1) is 13.8 Å². The van der Waals surface area contributed by atoms with Gasteiger partial charge in [-0.3, -0.25) is 13.8 Å². The highest BCUT2D eigenvalue weighted by molar-refractivity contribution is 7.86. The number of rotatable bonds is 10. The molecule has 6 N–H and O–H groups in total. The van der Waals surface area contributed by atoms with Gasteiger partial charge >= 0.3 is 6.18 Å². The van der Waals surface area contributed by atoms with Gasteiger partial charge in [-0.05, 0) is 50.1 Å². The first kappa shape index (κ1) is 38.5. The average Bonchev–Trinajstić information content (AvgIpc) is 3.39. The van der Waals surface area contributed by atoms with Crippen LogP contribution in [-0.4, -0.2) is 65.7 Å². The molecule has 4 aromatic rings. The standard InChI is InChI=1S/C16H21F3N4O.2C7H8O3S/c17-16(18,19)11-23-10-13(8-22-23)7-21-9-15(24)14(20)6-12-4-2-1-3-5-12;2*1-6-2-4-7(5-3-6)11(8,9)10/h1-5,8,10,14-15,21,24H,6-7,9,11,20H2;2*2-5H,1H3,(H,8,9,10)/t14-,15+;;/m0../s1. The molecule has 16 heteroatoms. The molecule has 2 atom stereocenters. The van der Waals surface area contributed by atoms with E-state index in [0.717, 1.165) is 21.4 Å². The van der Waals surface area contributed by atoms with E-state index < -0.39 is 45.1 Å². The van der Waals surface area contributed by atoms with Crippen molar-refractivity contribution in [2.75, 3.05) is 6.54 Å². The monoisotopic (exact) mass is 686 g/mol. The van der Waals surface area contributed by atoms with E-state index in [9.17, 15) is 35.1 Å². The lowest BCUT2D eigenvalue weighted by Gasteiger charge is -2.19. The van der Waals surface area contributed by atoms with E-state index in [0.29, 0.717) is 18.5 Å². The van der Waals surface area contributed by atoms with Crippen LogP contribution < -0.4 is 11.1 Å². The number of nitrogens with zero attached hydrogens (tertiary/aromatic N) is 2.